The average Bonchev–Trinajstić information content (AvgIpc) is 2.36. The number of halogens is 3. The van der Waals surface area contributed by atoms with E-state index < -0.39 is 24.5 Å². The summed E-state index contributed by atoms with van der Waals surface area (Å²) >= 11 is 0. The van der Waals surface area contributed by atoms with E-state index in [0.717, 1.165) is 6.08 Å². The van der Waals surface area contributed by atoms with Gasteiger partial charge in [-0.2, -0.15) is 13.2 Å². The lowest BCUT2D eigenvalue weighted by atomic mass is 9.97. The molecule has 8 heteroatoms. The van der Waals surface area contributed by atoms with E-state index in [4.69, 9.17) is 0 Å². The largest absolute Gasteiger partial charge is 0.471 e. The number of aliphatic imine (C=N–C) groups is 1. The van der Waals surface area contributed by atoms with Gasteiger partial charge in [0.2, 0.25) is 6.08 Å². The summed E-state index contributed by atoms with van der Waals surface area (Å²) < 4.78 is 36.3. The third kappa shape index (κ3) is 4.00. The van der Waals surface area contributed by atoms with Gasteiger partial charge < -0.3 is 5.32 Å². The third-order valence-corrected chi connectivity index (χ3v) is 2.84. The molecule has 0 heterocycles. The van der Waals surface area contributed by atoms with E-state index in [1.807, 2.05) is 0 Å². The minimum absolute atomic E-state index is 0.108. The molecular weight excluding hydrogens is 289 g/mol. The van der Waals surface area contributed by atoms with Gasteiger partial charge in [0.15, 0.2) is 0 Å². The van der Waals surface area contributed by atoms with Crippen LogP contribution in [0, 0.1) is 13.8 Å². The molecule has 0 radical (unpaired) electrons. The van der Waals surface area contributed by atoms with Crippen molar-refractivity contribution in [3.05, 3.63) is 34.4 Å². The lowest BCUT2D eigenvalue weighted by Gasteiger charge is -2.13. The number of alkyl halides is 3. The minimum atomic E-state index is -4.97. The number of rotatable bonds is 3. The number of amides is 2. The summed E-state index contributed by atoms with van der Waals surface area (Å²) in [5.74, 6) is -2.90. The first-order chi connectivity index (χ1) is 9.68. The molecule has 0 aliphatic heterocycles. The minimum Gasteiger partial charge on any atom is -0.344 e. The first kappa shape index (κ1) is 16.6. The van der Waals surface area contributed by atoms with Crippen molar-refractivity contribution < 1.29 is 27.6 Å². The Bertz CT molecular complexity index is 632. The van der Waals surface area contributed by atoms with Crippen LogP contribution in [0.3, 0.4) is 0 Å². The highest BCUT2D eigenvalue weighted by Gasteiger charge is 2.38. The first-order valence-electron chi connectivity index (χ1n) is 5.74. The fraction of sp³-hybridized carbons (Fsp3) is 0.308. The van der Waals surface area contributed by atoms with Gasteiger partial charge in [-0.3, -0.25) is 9.59 Å². The summed E-state index contributed by atoms with van der Waals surface area (Å²) in [6.07, 6.45) is -3.86. The molecular formula is C13H11F3N2O3. The third-order valence-electron chi connectivity index (χ3n) is 2.84. The van der Waals surface area contributed by atoms with E-state index in [0.29, 0.717) is 16.7 Å². The topological polar surface area (TPSA) is 75.6 Å². The molecule has 0 spiro atoms. The Labute approximate surface area is 117 Å². The number of nitrogens with one attached hydrogen (secondary N) is 1. The molecule has 5 nitrogen and oxygen atoms in total. The van der Waals surface area contributed by atoms with Gasteiger partial charge in [-0.25, -0.2) is 4.79 Å². The molecule has 0 unspecified atom stereocenters. The second kappa shape index (κ2) is 6.32. The smallest absolute Gasteiger partial charge is 0.344 e. The van der Waals surface area contributed by atoms with E-state index in [1.54, 1.807) is 12.2 Å². The molecule has 1 aromatic carbocycles. The lowest BCUT2D eigenvalue weighted by molar-refractivity contribution is -0.173. The van der Waals surface area contributed by atoms with Gasteiger partial charge in [0.1, 0.15) is 0 Å². The zero-order valence-corrected chi connectivity index (χ0v) is 11.2. The van der Waals surface area contributed by atoms with Crippen molar-refractivity contribution >= 4 is 17.9 Å². The van der Waals surface area contributed by atoms with Crippen molar-refractivity contribution in [2.75, 3.05) is 0 Å². The number of aryl methyl sites for hydroxylation is 1. The van der Waals surface area contributed by atoms with Crippen molar-refractivity contribution in [1.82, 2.24) is 5.32 Å². The van der Waals surface area contributed by atoms with E-state index in [1.165, 1.54) is 19.1 Å². The maximum absolute atomic E-state index is 12.1. The highest BCUT2D eigenvalue weighted by molar-refractivity contribution is 6.00. The van der Waals surface area contributed by atoms with Gasteiger partial charge in [0.05, 0.1) is 0 Å². The number of hydrogen-bond acceptors (Lipinski definition) is 3. The maximum Gasteiger partial charge on any atom is 0.471 e. The Balaban J connectivity index is 3.06. The Morgan fingerprint density at radius 1 is 1.29 bits per heavy atom. The Hall–Kier alpha value is -2.47. The van der Waals surface area contributed by atoms with Crippen LogP contribution in [0.1, 0.15) is 27.0 Å². The second-order valence-corrected chi connectivity index (χ2v) is 4.23. The van der Waals surface area contributed by atoms with Crippen LogP contribution in [0.15, 0.2) is 17.1 Å². The fourth-order valence-corrected chi connectivity index (χ4v) is 1.78. The second-order valence-electron chi connectivity index (χ2n) is 4.23. The summed E-state index contributed by atoms with van der Waals surface area (Å²) in [5, 5.41) is 1.71. The normalized spacial score (nSPS) is 10.7. The van der Waals surface area contributed by atoms with Crippen LogP contribution >= 0.6 is 0 Å². The monoisotopic (exact) mass is 300 g/mol. The van der Waals surface area contributed by atoms with E-state index in [2.05, 4.69) is 4.99 Å². The molecule has 21 heavy (non-hydrogen) atoms. The molecule has 0 saturated carbocycles. The van der Waals surface area contributed by atoms with Crippen molar-refractivity contribution in [1.29, 1.82) is 0 Å². The standard InChI is InChI=1S/C13H11F3N2O3/c1-7-3-4-9(5-17-12(21)13(14,15)16)8(2)10(7)11(20)18-6-19/h3-4H,5H2,1-2H3,(H,17,21). The summed E-state index contributed by atoms with van der Waals surface area (Å²) in [7, 11) is 0. The molecule has 0 bridgehead atoms. The molecule has 0 aliphatic carbocycles. The van der Waals surface area contributed by atoms with Gasteiger partial charge in [0.25, 0.3) is 5.91 Å². The summed E-state index contributed by atoms with van der Waals surface area (Å²) in [6.45, 7) is 2.70. The highest BCUT2D eigenvalue weighted by atomic mass is 19.4. The molecule has 0 aromatic heterocycles. The van der Waals surface area contributed by atoms with E-state index in [9.17, 15) is 27.6 Å². The zero-order valence-electron chi connectivity index (χ0n) is 11.2. The summed E-state index contributed by atoms with van der Waals surface area (Å²) in [6, 6.07) is 2.98. The average molecular weight is 300 g/mol. The molecule has 0 aliphatic rings. The summed E-state index contributed by atoms with van der Waals surface area (Å²) in [5.41, 5.74) is 1.30. The SMILES string of the molecule is Cc1ccc(CNC(=O)C(F)(F)F)c(C)c1C(=O)N=C=O. The van der Waals surface area contributed by atoms with Crippen molar-refractivity contribution in [2.45, 2.75) is 26.6 Å². The predicted octanol–water partition coefficient (Wildman–Crippen LogP) is 1.96. The van der Waals surface area contributed by atoms with E-state index in [-0.39, 0.29) is 5.56 Å². The van der Waals surface area contributed by atoms with Gasteiger partial charge in [-0.1, -0.05) is 12.1 Å². The number of hydrogen-bond donors (Lipinski definition) is 1. The molecule has 2 amide bonds. The number of carbonyl (C=O) groups is 2. The van der Waals surface area contributed by atoms with E-state index >= 15 is 0 Å². The van der Waals surface area contributed by atoms with Crippen LogP contribution in [0.2, 0.25) is 0 Å². The van der Waals surface area contributed by atoms with Crippen LogP contribution < -0.4 is 5.32 Å². The Morgan fingerprint density at radius 3 is 2.43 bits per heavy atom. The molecule has 1 rings (SSSR count). The van der Waals surface area contributed by atoms with Crippen LogP contribution in [0.25, 0.3) is 0 Å². The van der Waals surface area contributed by atoms with Crippen molar-refractivity contribution in [3.63, 3.8) is 0 Å². The van der Waals surface area contributed by atoms with Crippen LogP contribution in [0.5, 0.6) is 0 Å². The molecule has 1 aromatic rings. The van der Waals surface area contributed by atoms with Crippen molar-refractivity contribution in [2.24, 2.45) is 4.99 Å². The number of isocyanates is 1. The molecule has 0 atom stereocenters. The van der Waals surface area contributed by atoms with Crippen molar-refractivity contribution in [3.8, 4) is 0 Å². The first-order valence-corrected chi connectivity index (χ1v) is 5.74. The van der Waals surface area contributed by atoms with Crippen LogP contribution in [0.4, 0.5) is 13.2 Å². The van der Waals surface area contributed by atoms with Gasteiger partial charge >= 0.3 is 12.1 Å². The number of benzene rings is 1. The van der Waals surface area contributed by atoms with Crippen LogP contribution in [-0.4, -0.2) is 24.1 Å². The number of nitrogens with zero attached hydrogens (tertiary/aromatic N) is 1. The Morgan fingerprint density at radius 2 is 1.90 bits per heavy atom. The lowest BCUT2D eigenvalue weighted by Crippen LogP contribution is -2.36. The predicted molar refractivity (Wildman–Crippen MR) is 66.3 cm³/mol. The zero-order chi connectivity index (χ0) is 16.2. The molecule has 1 N–H and O–H groups in total. The summed E-state index contributed by atoms with van der Waals surface area (Å²) in [4.78, 5) is 35.5. The van der Waals surface area contributed by atoms with Gasteiger partial charge in [-0.05, 0) is 30.5 Å². The molecule has 112 valence electrons. The van der Waals surface area contributed by atoms with Crippen LogP contribution in [-0.2, 0) is 16.1 Å². The molecule has 0 fully saturated rings. The Kier molecular flexibility index (Phi) is 4.99. The van der Waals surface area contributed by atoms with Gasteiger partial charge in [0, 0.05) is 12.1 Å². The fourth-order valence-electron chi connectivity index (χ4n) is 1.78. The molecule has 0 saturated heterocycles. The highest BCUT2D eigenvalue weighted by Crippen LogP contribution is 2.20. The quantitative estimate of drug-likeness (QED) is 0.685. The maximum atomic E-state index is 12.1. The van der Waals surface area contributed by atoms with Gasteiger partial charge in [-0.15, -0.1) is 4.99 Å². The number of carbonyl (C=O) groups excluding carboxylic acids is 3.